The van der Waals surface area contributed by atoms with E-state index in [0.29, 0.717) is 5.92 Å². The fraction of sp³-hybridized carbons (Fsp3) is 0.625. The minimum absolute atomic E-state index is 0.112. The molecule has 0 fully saturated rings. The molecule has 0 aliphatic carbocycles. The van der Waals surface area contributed by atoms with E-state index in [1.54, 1.807) is 0 Å². The number of aliphatic imine (C=N–C) groups is 1. The quantitative estimate of drug-likeness (QED) is 0.567. The zero-order chi connectivity index (χ0) is 8.27. The number of likely N-dealkylation sites (N-methyl/N-ethyl adjacent to an activating group) is 1. The second-order valence-corrected chi connectivity index (χ2v) is 2.89. The number of nitrogens with zero attached hydrogens (tertiary/aromatic N) is 1. The maximum Gasteiger partial charge on any atom is 0.0979 e. The zero-order valence-corrected chi connectivity index (χ0v) is 7.04. The monoisotopic (exact) mass is 153 g/mol. The molecule has 0 saturated carbocycles. The number of hydrogen-bond donors (Lipinski definition) is 2. The molecule has 2 atom stereocenters. The van der Waals surface area contributed by atoms with Gasteiger partial charge in [0.25, 0.3) is 0 Å². The summed E-state index contributed by atoms with van der Waals surface area (Å²) in [5.74, 6) is 0.558. The van der Waals surface area contributed by atoms with E-state index in [1.165, 1.54) is 0 Å². The van der Waals surface area contributed by atoms with Crippen LogP contribution in [0.25, 0.3) is 0 Å². The molecule has 1 heterocycles. The Bertz CT molecular complexity index is 184. The van der Waals surface area contributed by atoms with Crippen molar-refractivity contribution in [2.45, 2.75) is 19.5 Å². The standard InChI is InChI=1S/C8H15N3/c1-6-3-4-7(11-5-6)8(9)10-2/h4-6,8,10H,3,9H2,1-2H3. The first-order chi connectivity index (χ1) is 5.24. The predicted molar refractivity (Wildman–Crippen MR) is 47.4 cm³/mol. The van der Waals surface area contributed by atoms with Crippen LogP contribution in [-0.2, 0) is 0 Å². The van der Waals surface area contributed by atoms with Gasteiger partial charge in [0.15, 0.2) is 0 Å². The molecule has 0 amide bonds. The van der Waals surface area contributed by atoms with Crippen LogP contribution in [0.1, 0.15) is 13.3 Å². The van der Waals surface area contributed by atoms with Gasteiger partial charge in [-0.3, -0.25) is 4.99 Å². The molecular formula is C8H15N3. The summed E-state index contributed by atoms with van der Waals surface area (Å²) in [4.78, 5) is 4.23. The fourth-order valence-corrected chi connectivity index (χ4v) is 0.989. The molecule has 3 heteroatoms. The van der Waals surface area contributed by atoms with Gasteiger partial charge in [0, 0.05) is 6.21 Å². The van der Waals surface area contributed by atoms with Crippen molar-refractivity contribution in [3.63, 3.8) is 0 Å². The fourth-order valence-electron chi connectivity index (χ4n) is 0.989. The van der Waals surface area contributed by atoms with Crippen LogP contribution in [-0.4, -0.2) is 19.4 Å². The Balaban J connectivity index is 2.55. The van der Waals surface area contributed by atoms with Crippen LogP contribution in [0, 0.1) is 5.92 Å². The van der Waals surface area contributed by atoms with Gasteiger partial charge in [0.1, 0.15) is 0 Å². The molecule has 1 aliphatic heterocycles. The Morgan fingerprint density at radius 3 is 3.00 bits per heavy atom. The summed E-state index contributed by atoms with van der Waals surface area (Å²) in [6, 6.07) is 0. The third kappa shape index (κ3) is 2.13. The summed E-state index contributed by atoms with van der Waals surface area (Å²) in [6.07, 6.45) is 4.98. The van der Waals surface area contributed by atoms with Crippen LogP contribution in [0.15, 0.2) is 16.8 Å². The summed E-state index contributed by atoms with van der Waals surface area (Å²) in [5, 5.41) is 2.95. The maximum atomic E-state index is 5.70. The van der Waals surface area contributed by atoms with Gasteiger partial charge in [-0.2, -0.15) is 0 Å². The SMILES string of the molecule is CNC(N)C1=CCC(C)C=N1. The van der Waals surface area contributed by atoms with E-state index in [2.05, 4.69) is 23.3 Å². The highest BCUT2D eigenvalue weighted by molar-refractivity contribution is 5.63. The molecule has 11 heavy (non-hydrogen) atoms. The Morgan fingerprint density at radius 1 is 1.82 bits per heavy atom. The van der Waals surface area contributed by atoms with Crippen LogP contribution in [0.2, 0.25) is 0 Å². The average molecular weight is 153 g/mol. The van der Waals surface area contributed by atoms with Gasteiger partial charge in [0.05, 0.1) is 11.9 Å². The minimum atomic E-state index is -0.112. The third-order valence-corrected chi connectivity index (χ3v) is 1.81. The van der Waals surface area contributed by atoms with Crippen LogP contribution in [0.5, 0.6) is 0 Å². The second kappa shape index (κ2) is 3.64. The first-order valence-electron chi connectivity index (χ1n) is 3.91. The lowest BCUT2D eigenvalue weighted by atomic mass is 10.1. The van der Waals surface area contributed by atoms with Crippen LogP contribution >= 0.6 is 0 Å². The van der Waals surface area contributed by atoms with E-state index in [1.807, 2.05) is 13.3 Å². The summed E-state index contributed by atoms with van der Waals surface area (Å²) in [5.41, 5.74) is 6.65. The lowest BCUT2D eigenvalue weighted by Crippen LogP contribution is -2.36. The van der Waals surface area contributed by atoms with Gasteiger partial charge >= 0.3 is 0 Å². The number of allylic oxidation sites excluding steroid dienone is 1. The highest BCUT2D eigenvalue weighted by Gasteiger charge is 2.09. The summed E-state index contributed by atoms with van der Waals surface area (Å²) < 4.78 is 0. The van der Waals surface area contributed by atoms with Crippen LogP contribution in [0.3, 0.4) is 0 Å². The third-order valence-electron chi connectivity index (χ3n) is 1.81. The van der Waals surface area contributed by atoms with Gasteiger partial charge in [-0.25, -0.2) is 0 Å². The van der Waals surface area contributed by atoms with Crippen molar-refractivity contribution < 1.29 is 0 Å². The van der Waals surface area contributed by atoms with Crippen molar-refractivity contribution in [2.24, 2.45) is 16.6 Å². The molecule has 0 radical (unpaired) electrons. The van der Waals surface area contributed by atoms with Crippen molar-refractivity contribution in [1.29, 1.82) is 0 Å². The van der Waals surface area contributed by atoms with E-state index >= 15 is 0 Å². The predicted octanol–water partition coefficient (Wildman–Crippen LogP) is 0.485. The van der Waals surface area contributed by atoms with Gasteiger partial charge < -0.3 is 11.1 Å². The van der Waals surface area contributed by atoms with E-state index in [0.717, 1.165) is 12.1 Å². The summed E-state index contributed by atoms with van der Waals surface area (Å²) in [6.45, 7) is 2.14. The smallest absolute Gasteiger partial charge is 0.0979 e. The Morgan fingerprint density at radius 2 is 2.55 bits per heavy atom. The Labute approximate surface area is 67.4 Å². The molecule has 1 aliphatic rings. The molecule has 1 rings (SSSR count). The largest absolute Gasteiger partial charge is 0.311 e. The van der Waals surface area contributed by atoms with Gasteiger partial charge in [0.2, 0.25) is 0 Å². The van der Waals surface area contributed by atoms with Crippen LogP contribution < -0.4 is 11.1 Å². The topological polar surface area (TPSA) is 50.4 Å². The van der Waals surface area contributed by atoms with E-state index < -0.39 is 0 Å². The van der Waals surface area contributed by atoms with E-state index in [-0.39, 0.29) is 6.17 Å². The number of rotatable bonds is 2. The highest BCUT2D eigenvalue weighted by Crippen LogP contribution is 2.12. The maximum absolute atomic E-state index is 5.70. The van der Waals surface area contributed by atoms with Crippen molar-refractivity contribution in [3.8, 4) is 0 Å². The highest BCUT2D eigenvalue weighted by atomic mass is 15.0. The lowest BCUT2D eigenvalue weighted by molar-refractivity contribution is 0.640. The van der Waals surface area contributed by atoms with Crippen molar-refractivity contribution in [1.82, 2.24) is 5.32 Å². The molecule has 62 valence electrons. The van der Waals surface area contributed by atoms with Crippen LogP contribution in [0.4, 0.5) is 0 Å². The van der Waals surface area contributed by atoms with Gasteiger partial charge in [-0.15, -0.1) is 0 Å². The molecule has 3 nitrogen and oxygen atoms in total. The van der Waals surface area contributed by atoms with Gasteiger partial charge in [-0.05, 0) is 19.4 Å². The normalized spacial score (nSPS) is 26.5. The van der Waals surface area contributed by atoms with Gasteiger partial charge in [-0.1, -0.05) is 13.0 Å². The number of nitrogens with two attached hydrogens (primary N) is 1. The first-order valence-corrected chi connectivity index (χ1v) is 3.91. The molecule has 0 bridgehead atoms. The molecule has 0 aromatic heterocycles. The number of hydrogen-bond acceptors (Lipinski definition) is 3. The van der Waals surface area contributed by atoms with E-state index in [4.69, 9.17) is 5.73 Å². The molecule has 2 unspecified atom stereocenters. The molecule has 0 saturated heterocycles. The summed E-state index contributed by atoms with van der Waals surface area (Å²) in [7, 11) is 1.83. The molecule has 0 spiro atoms. The van der Waals surface area contributed by atoms with E-state index in [9.17, 15) is 0 Å². The molecule has 0 aromatic rings. The lowest BCUT2D eigenvalue weighted by Gasteiger charge is -2.15. The zero-order valence-electron chi connectivity index (χ0n) is 7.04. The minimum Gasteiger partial charge on any atom is -0.311 e. The Hall–Kier alpha value is -0.670. The average Bonchev–Trinajstić information content (AvgIpc) is 2.05. The molecule has 3 N–H and O–H groups in total. The Kier molecular flexibility index (Phi) is 2.79. The first kappa shape index (κ1) is 8.43. The molecule has 0 aromatic carbocycles. The summed E-state index contributed by atoms with van der Waals surface area (Å²) >= 11 is 0. The second-order valence-electron chi connectivity index (χ2n) is 2.89. The molecular weight excluding hydrogens is 138 g/mol. The number of nitrogens with one attached hydrogen (secondary N) is 1. The van der Waals surface area contributed by atoms with Crippen molar-refractivity contribution >= 4 is 6.21 Å². The van der Waals surface area contributed by atoms with Crippen molar-refractivity contribution in [3.05, 3.63) is 11.8 Å². The van der Waals surface area contributed by atoms with Crippen molar-refractivity contribution in [2.75, 3.05) is 7.05 Å².